The van der Waals surface area contributed by atoms with E-state index in [-0.39, 0.29) is 11.9 Å². The van der Waals surface area contributed by atoms with E-state index < -0.39 is 11.9 Å². The number of ether oxygens (including phenoxy) is 2. The molecule has 0 aromatic heterocycles. The standard InChI is InChI=1S/C14H18FO2/c1-4-14(5-2)16-10(3)13(17-14)11-8-6-7-9-12(11)15/h6-10,13H,3-5H2,1-2H3. The Hall–Kier alpha value is -0.930. The van der Waals surface area contributed by atoms with E-state index in [1.54, 1.807) is 18.2 Å². The first-order valence-electron chi connectivity index (χ1n) is 6.05. The second kappa shape index (κ2) is 4.75. The number of rotatable bonds is 3. The molecule has 2 unspecified atom stereocenters. The topological polar surface area (TPSA) is 18.5 Å². The fourth-order valence-corrected chi connectivity index (χ4v) is 2.23. The van der Waals surface area contributed by atoms with Gasteiger partial charge in [-0.25, -0.2) is 4.39 Å². The normalized spacial score (nSPS) is 27.3. The molecule has 1 radical (unpaired) electrons. The molecule has 2 nitrogen and oxygen atoms in total. The Morgan fingerprint density at radius 2 is 1.88 bits per heavy atom. The SMILES string of the molecule is [CH2]C1OC(CC)(CC)OC1c1ccccc1F. The lowest BCUT2D eigenvalue weighted by atomic mass is 10.1. The Morgan fingerprint density at radius 1 is 1.24 bits per heavy atom. The zero-order valence-corrected chi connectivity index (χ0v) is 10.3. The van der Waals surface area contributed by atoms with Crippen LogP contribution in [0.5, 0.6) is 0 Å². The Balaban J connectivity index is 2.27. The zero-order chi connectivity index (χ0) is 12.5. The van der Waals surface area contributed by atoms with Gasteiger partial charge in [0.2, 0.25) is 0 Å². The summed E-state index contributed by atoms with van der Waals surface area (Å²) >= 11 is 0. The van der Waals surface area contributed by atoms with Crippen LogP contribution in [-0.4, -0.2) is 11.9 Å². The summed E-state index contributed by atoms with van der Waals surface area (Å²) in [5, 5.41) is 0. The van der Waals surface area contributed by atoms with Crippen LogP contribution in [0.1, 0.15) is 38.4 Å². The fraction of sp³-hybridized carbons (Fsp3) is 0.500. The third kappa shape index (κ3) is 2.22. The van der Waals surface area contributed by atoms with Crippen molar-refractivity contribution in [3.05, 3.63) is 42.6 Å². The number of benzene rings is 1. The second-order valence-electron chi connectivity index (χ2n) is 4.33. The molecule has 1 saturated heterocycles. The Labute approximate surface area is 102 Å². The van der Waals surface area contributed by atoms with Gasteiger partial charge in [-0.05, 0) is 25.8 Å². The van der Waals surface area contributed by atoms with Gasteiger partial charge in [0.05, 0.1) is 6.10 Å². The van der Waals surface area contributed by atoms with Gasteiger partial charge in [-0.15, -0.1) is 0 Å². The van der Waals surface area contributed by atoms with Crippen LogP contribution >= 0.6 is 0 Å². The maximum absolute atomic E-state index is 13.7. The molecule has 3 heteroatoms. The maximum Gasteiger partial charge on any atom is 0.169 e. The van der Waals surface area contributed by atoms with E-state index in [2.05, 4.69) is 6.92 Å². The third-order valence-electron chi connectivity index (χ3n) is 3.33. The molecule has 1 aromatic rings. The maximum atomic E-state index is 13.7. The number of hydrogen-bond donors (Lipinski definition) is 0. The van der Waals surface area contributed by atoms with Crippen LogP contribution in [0, 0.1) is 12.7 Å². The highest BCUT2D eigenvalue weighted by Gasteiger charge is 2.44. The van der Waals surface area contributed by atoms with Gasteiger partial charge in [0.1, 0.15) is 11.9 Å². The molecule has 0 aliphatic carbocycles. The van der Waals surface area contributed by atoms with Crippen LogP contribution in [0.4, 0.5) is 4.39 Å². The van der Waals surface area contributed by atoms with Gasteiger partial charge < -0.3 is 9.47 Å². The number of hydrogen-bond acceptors (Lipinski definition) is 2. The van der Waals surface area contributed by atoms with Gasteiger partial charge in [0, 0.05) is 5.56 Å². The van der Waals surface area contributed by atoms with Crippen LogP contribution in [0.2, 0.25) is 0 Å². The van der Waals surface area contributed by atoms with Crippen molar-refractivity contribution in [2.45, 2.75) is 44.7 Å². The van der Waals surface area contributed by atoms with Crippen molar-refractivity contribution in [1.82, 2.24) is 0 Å². The van der Waals surface area contributed by atoms with E-state index in [9.17, 15) is 4.39 Å². The molecule has 1 aliphatic heterocycles. The highest BCUT2D eigenvalue weighted by molar-refractivity contribution is 5.22. The lowest BCUT2D eigenvalue weighted by Gasteiger charge is -2.25. The van der Waals surface area contributed by atoms with E-state index in [4.69, 9.17) is 9.47 Å². The van der Waals surface area contributed by atoms with E-state index in [1.807, 2.05) is 13.8 Å². The van der Waals surface area contributed by atoms with Gasteiger partial charge in [-0.1, -0.05) is 32.0 Å². The van der Waals surface area contributed by atoms with Crippen LogP contribution < -0.4 is 0 Å². The molecular weight excluding hydrogens is 219 g/mol. The van der Waals surface area contributed by atoms with Crippen molar-refractivity contribution >= 4 is 0 Å². The minimum absolute atomic E-state index is 0.266. The molecule has 2 atom stereocenters. The fourth-order valence-electron chi connectivity index (χ4n) is 2.23. The van der Waals surface area contributed by atoms with Crippen molar-refractivity contribution in [1.29, 1.82) is 0 Å². The lowest BCUT2D eigenvalue weighted by Crippen LogP contribution is -2.28. The smallest absolute Gasteiger partial charge is 0.169 e. The van der Waals surface area contributed by atoms with E-state index >= 15 is 0 Å². The van der Waals surface area contributed by atoms with Crippen LogP contribution in [0.15, 0.2) is 24.3 Å². The predicted molar refractivity (Wildman–Crippen MR) is 63.8 cm³/mol. The predicted octanol–water partition coefficient (Wildman–Crippen LogP) is 3.63. The molecule has 0 N–H and O–H groups in total. The third-order valence-corrected chi connectivity index (χ3v) is 3.33. The van der Waals surface area contributed by atoms with Crippen LogP contribution in [0.3, 0.4) is 0 Å². The zero-order valence-electron chi connectivity index (χ0n) is 10.3. The highest BCUT2D eigenvalue weighted by Crippen LogP contribution is 2.42. The van der Waals surface area contributed by atoms with Crippen LogP contribution in [-0.2, 0) is 9.47 Å². The lowest BCUT2D eigenvalue weighted by molar-refractivity contribution is -0.177. The molecule has 0 bridgehead atoms. The quantitative estimate of drug-likeness (QED) is 0.799. The molecule has 0 spiro atoms. The van der Waals surface area contributed by atoms with Gasteiger partial charge >= 0.3 is 0 Å². The average Bonchev–Trinajstić information content (AvgIpc) is 2.68. The molecular formula is C14H18FO2. The Morgan fingerprint density at radius 3 is 2.41 bits per heavy atom. The van der Waals surface area contributed by atoms with E-state index in [0.717, 1.165) is 12.8 Å². The van der Waals surface area contributed by atoms with Crippen LogP contribution in [0.25, 0.3) is 0 Å². The first kappa shape index (κ1) is 12.5. The van der Waals surface area contributed by atoms with Gasteiger partial charge in [-0.2, -0.15) is 0 Å². The summed E-state index contributed by atoms with van der Waals surface area (Å²) in [6.07, 6.45) is 0.684. The summed E-state index contributed by atoms with van der Waals surface area (Å²) in [4.78, 5) is 0. The highest BCUT2D eigenvalue weighted by atomic mass is 19.1. The monoisotopic (exact) mass is 237 g/mol. The molecule has 1 heterocycles. The van der Waals surface area contributed by atoms with E-state index in [1.165, 1.54) is 6.07 Å². The summed E-state index contributed by atoms with van der Waals surface area (Å²) in [6, 6.07) is 6.62. The minimum atomic E-state index is -0.612. The summed E-state index contributed by atoms with van der Waals surface area (Å²) in [5.74, 6) is -0.878. The van der Waals surface area contributed by atoms with Gasteiger partial charge in [0.25, 0.3) is 0 Å². The summed E-state index contributed by atoms with van der Waals surface area (Å²) in [6.45, 7) is 7.91. The van der Waals surface area contributed by atoms with Crippen molar-refractivity contribution in [2.75, 3.05) is 0 Å². The molecule has 2 rings (SSSR count). The Kier molecular flexibility index (Phi) is 3.50. The summed E-state index contributed by atoms with van der Waals surface area (Å²) in [7, 11) is 0. The molecule has 1 aliphatic rings. The largest absolute Gasteiger partial charge is 0.344 e. The molecule has 93 valence electrons. The van der Waals surface area contributed by atoms with Crippen molar-refractivity contribution in [3.8, 4) is 0 Å². The molecule has 17 heavy (non-hydrogen) atoms. The Bertz CT molecular complexity index is 388. The van der Waals surface area contributed by atoms with Gasteiger partial charge in [-0.3, -0.25) is 0 Å². The summed E-state index contributed by atoms with van der Waals surface area (Å²) in [5.41, 5.74) is 0.524. The minimum Gasteiger partial charge on any atom is -0.344 e. The first-order chi connectivity index (χ1) is 8.12. The summed E-state index contributed by atoms with van der Waals surface area (Å²) < 4.78 is 25.4. The molecule has 0 amide bonds. The number of halogens is 1. The average molecular weight is 237 g/mol. The first-order valence-corrected chi connectivity index (χ1v) is 6.05. The molecule has 1 aromatic carbocycles. The van der Waals surface area contributed by atoms with Crippen molar-refractivity contribution in [2.24, 2.45) is 0 Å². The van der Waals surface area contributed by atoms with Crippen molar-refractivity contribution < 1.29 is 13.9 Å². The molecule has 1 fully saturated rings. The molecule has 0 saturated carbocycles. The van der Waals surface area contributed by atoms with Crippen molar-refractivity contribution in [3.63, 3.8) is 0 Å². The second-order valence-corrected chi connectivity index (χ2v) is 4.33. The van der Waals surface area contributed by atoms with Gasteiger partial charge in [0.15, 0.2) is 5.79 Å². The van der Waals surface area contributed by atoms with E-state index in [0.29, 0.717) is 5.56 Å².